The van der Waals surface area contributed by atoms with Crippen molar-refractivity contribution in [3.05, 3.63) is 67.4 Å². The van der Waals surface area contributed by atoms with Gasteiger partial charge in [0.25, 0.3) is 0 Å². The van der Waals surface area contributed by atoms with Gasteiger partial charge in [0, 0.05) is 10.6 Å². The van der Waals surface area contributed by atoms with Crippen molar-refractivity contribution < 1.29 is 14.4 Å². The number of aryl methyl sites for hydroxylation is 3. The van der Waals surface area contributed by atoms with Crippen LogP contribution in [0.3, 0.4) is 0 Å². The van der Waals surface area contributed by atoms with Crippen LogP contribution in [0.1, 0.15) is 34.7 Å². The number of halogens is 1. The molecule has 178 valence electrons. The largest absolute Gasteiger partial charge is 0.490 e. The van der Waals surface area contributed by atoms with Crippen LogP contribution in [0.2, 0.25) is 0 Å². The number of terminal acetylenes is 1. The molecule has 1 atom stereocenters. The number of rotatable bonds is 10. The van der Waals surface area contributed by atoms with Crippen LogP contribution in [-0.4, -0.2) is 39.4 Å². The van der Waals surface area contributed by atoms with Gasteiger partial charge in [0.1, 0.15) is 17.7 Å². The van der Waals surface area contributed by atoms with Gasteiger partial charge in [-0.05, 0) is 84.6 Å². The smallest absolute Gasteiger partial charge is 0.220 e. The summed E-state index contributed by atoms with van der Waals surface area (Å²) in [6, 6.07) is 9.63. The molecule has 3 rings (SSSR count). The van der Waals surface area contributed by atoms with Crippen LogP contribution >= 0.6 is 27.7 Å². The monoisotopic (exact) mass is 544 g/mol. The number of nitrogens with zero attached hydrogens (tertiary/aromatic N) is 4. The average molecular weight is 545 g/mol. The van der Waals surface area contributed by atoms with E-state index < -0.39 is 5.25 Å². The maximum atomic E-state index is 11.6. The van der Waals surface area contributed by atoms with Crippen molar-refractivity contribution in [2.75, 3.05) is 19.8 Å². The highest BCUT2D eigenvalue weighted by molar-refractivity contribution is 9.10. The van der Waals surface area contributed by atoms with Crippen molar-refractivity contribution in [1.29, 1.82) is 0 Å². The van der Waals surface area contributed by atoms with Crippen molar-refractivity contribution >= 4 is 27.7 Å². The molecular formula is C24H25BrN4O4S. The Morgan fingerprint density at radius 2 is 1.97 bits per heavy atom. The zero-order valence-electron chi connectivity index (χ0n) is 19.4. The molecule has 1 heterocycles. The molecule has 0 aliphatic carbocycles. The predicted molar refractivity (Wildman–Crippen MR) is 136 cm³/mol. The molecule has 0 amide bonds. The topological polar surface area (TPSA) is 92.3 Å². The fourth-order valence-corrected chi connectivity index (χ4v) is 5.07. The molecule has 0 bridgehead atoms. The SMILES string of the molecule is C#CCOc1c(Br)cc([C@H](C[N+](=O)[O-])Sc2nnc(C)n2-c2ccc(C)c(C)c2)cc1OCC. The Balaban J connectivity index is 2.04. The van der Waals surface area contributed by atoms with Gasteiger partial charge in [-0.3, -0.25) is 14.7 Å². The summed E-state index contributed by atoms with van der Waals surface area (Å²) in [5.74, 6) is 4.05. The quantitative estimate of drug-likeness (QED) is 0.144. The summed E-state index contributed by atoms with van der Waals surface area (Å²) in [6.07, 6.45) is 5.33. The third-order valence-electron chi connectivity index (χ3n) is 5.11. The Labute approximate surface area is 211 Å². The first-order valence-electron chi connectivity index (χ1n) is 10.6. The van der Waals surface area contributed by atoms with Crippen molar-refractivity contribution in [2.45, 2.75) is 38.1 Å². The van der Waals surface area contributed by atoms with Crippen LogP contribution in [0, 0.1) is 43.2 Å². The molecule has 34 heavy (non-hydrogen) atoms. The minimum Gasteiger partial charge on any atom is -0.490 e. The van der Waals surface area contributed by atoms with Crippen LogP contribution in [0.15, 0.2) is 40.0 Å². The van der Waals surface area contributed by atoms with Crippen molar-refractivity contribution in [3.63, 3.8) is 0 Å². The predicted octanol–water partition coefficient (Wildman–Crippen LogP) is 5.48. The lowest BCUT2D eigenvalue weighted by Crippen LogP contribution is -2.12. The summed E-state index contributed by atoms with van der Waals surface area (Å²) in [6.45, 7) is 7.95. The molecule has 0 N–H and O–H groups in total. The molecule has 0 saturated heterocycles. The molecule has 2 aromatic carbocycles. The first kappa shape index (κ1) is 25.6. The number of hydrogen-bond donors (Lipinski definition) is 0. The van der Waals surface area contributed by atoms with Crippen LogP contribution in [-0.2, 0) is 0 Å². The number of nitro groups is 1. The molecule has 0 unspecified atom stereocenters. The van der Waals surface area contributed by atoms with Crippen LogP contribution in [0.25, 0.3) is 5.69 Å². The maximum absolute atomic E-state index is 11.6. The van der Waals surface area contributed by atoms with Crippen molar-refractivity contribution in [3.8, 4) is 29.5 Å². The van der Waals surface area contributed by atoms with E-state index in [0.717, 1.165) is 11.3 Å². The van der Waals surface area contributed by atoms with E-state index in [1.54, 1.807) is 12.1 Å². The van der Waals surface area contributed by atoms with E-state index in [1.165, 1.54) is 17.3 Å². The number of benzene rings is 2. The molecule has 0 spiro atoms. The molecule has 0 radical (unpaired) electrons. The highest BCUT2D eigenvalue weighted by Crippen LogP contribution is 2.43. The first-order valence-corrected chi connectivity index (χ1v) is 12.2. The third kappa shape index (κ3) is 5.90. The van der Waals surface area contributed by atoms with E-state index in [4.69, 9.17) is 15.9 Å². The number of ether oxygens (including phenoxy) is 2. The molecule has 8 nitrogen and oxygen atoms in total. The minimum absolute atomic E-state index is 0.0729. The maximum Gasteiger partial charge on any atom is 0.220 e. The zero-order chi connectivity index (χ0) is 24.8. The fraction of sp³-hybridized carbons (Fsp3) is 0.333. The third-order valence-corrected chi connectivity index (χ3v) is 6.88. The molecule has 0 fully saturated rings. The van der Waals surface area contributed by atoms with E-state index in [1.807, 2.05) is 44.4 Å². The Morgan fingerprint density at radius 3 is 2.62 bits per heavy atom. The Bertz CT molecular complexity index is 1240. The second kappa shape index (κ2) is 11.4. The lowest BCUT2D eigenvalue weighted by Gasteiger charge is -2.18. The summed E-state index contributed by atoms with van der Waals surface area (Å²) in [5, 5.41) is 20.1. The van der Waals surface area contributed by atoms with Gasteiger partial charge < -0.3 is 9.47 Å². The summed E-state index contributed by atoms with van der Waals surface area (Å²) >= 11 is 4.78. The van der Waals surface area contributed by atoms with Crippen molar-refractivity contribution in [2.24, 2.45) is 0 Å². The van der Waals surface area contributed by atoms with Crippen LogP contribution in [0.5, 0.6) is 11.5 Å². The van der Waals surface area contributed by atoms with E-state index in [9.17, 15) is 10.1 Å². The summed E-state index contributed by atoms with van der Waals surface area (Å²) < 4.78 is 13.9. The minimum atomic E-state index is -0.555. The first-order chi connectivity index (χ1) is 16.2. The molecule has 0 saturated carbocycles. The van der Waals surface area contributed by atoms with Crippen LogP contribution < -0.4 is 9.47 Å². The van der Waals surface area contributed by atoms with Gasteiger partial charge in [0.2, 0.25) is 6.54 Å². The van der Waals surface area contributed by atoms with E-state index in [2.05, 4.69) is 38.1 Å². The standard InChI is InChI=1S/C24H25BrN4O4S/c1-6-10-33-23-20(25)12-18(13-21(23)32-7-2)22(14-28(30)31)34-24-27-26-17(5)29(24)19-9-8-15(3)16(4)11-19/h1,8-9,11-13,22H,7,10,14H2,2-5H3/t22-/m0/s1. The van der Waals surface area contributed by atoms with Gasteiger partial charge in [-0.2, -0.15) is 0 Å². The van der Waals surface area contributed by atoms with E-state index in [-0.39, 0.29) is 18.1 Å². The fourth-order valence-electron chi connectivity index (χ4n) is 3.35. The zero-order valence-corrected chi connectivity index (χ0v) is 21.8. The lowest BCUT2D eigenvalue weighted by atomic mass is 10.1. The van der Waals surface area contributed by atoms with Gasteiger partial charge in [0.05, 0.1) is 11.1 Å². The molecule has 1 aromatic heterocycles. The lowest BCUT2D eigenvalue weighted by molar-refractivity contribution is -0.479. The summed E-state index contributed by atoms with van der Waals surface area (Å²) in [7, 11) is 0. The van der Waals surface area contributed by atoms with Crippen LogP contribution in [0.4, 0.5) is 0 Å². The number of aromatic nitrogens is 3. The van der Waals surface area contributed by atoms with Gasteiger partial charge in [-0.1, -0.05) is 23.7 Å². The number of thioether (sulfide) groups is 1. The molecule has 0 aliphatic heterocycles. The molecular weight excluding hydrogens is 520 g/mol. The van der Waals surface area contributed by atoms with Gasteiger partial charge in [-0.15, -0.1) is 16.6 Å². The number of hydrogen-bond acceptors (Lipinski definition) is 7. The highest BCUT2D eigenvalue weighted by Gasteiger charge is 2.26. The van der Waals surface area contributed by atoms with Crippen molar-refractivity contribution in [1.82, 2.24) is 14.8 Å². The average Bonchev–Trinajstić information content (AvgIpc) is 3.14. The van der Waals surface area contributed by atoms with E-state index in [0.29, 0.717) is 39.1 Å². The summed E-state index contributed by atoms with van der Waals surface area (Å²) in [5.41, 5.74) is 3.91. The van der Waals surface area contributed by atoms with E-state index >= 15 is 0 Å². The summed E-state index contributed by atoms with van der Waals surface area (Å²) in [4.78, 5) is 11.2. The van der Waals surface area contributed by atoms with Gasteiger partial charge in [-0.25, -0.2) is 0 Å². The second-order valence-electron chi connectivity index (χ2n) is 7.51. The highest BCUT2D eigenvalue weighted by atomic mass is 79.9. The Hall–Kier alpha value is -3.03. The Morgan fingerprint density at radius 1 is 1.21 bits per heavy atom. The van der Waals surface area contributed by atoms with Gasteiger partial charge >= 0.3 is 0 Å². The second-order valence-corrected chi connectivity index (χ2v) is 9.54. The Kier molecular flexibility index (Phi) is 8.58. The molecule has 3 aromatic rings. The molecule has 0 aliphatic rings. The molecule has 10 heteroatoms. The van der Waals surface area contributed by atoms with Gasteiger partial charge in [0.15, 0.2) is 16.7 Å². The normalized spacial score (nSPS) is 11.6.